The van der Waals surface area contributed by atoms with Crippen LogP contribution in [0.4, 0.5) is 14.5 Å². The molecule has 0 heterocycles. The largest absolute Gasteiger partial charge is 0.507 e. The number of hydrogen-bond donors (Lipinski definition) is 4. The van der Waals surface area contributed by atoms with Gasteiger partial charge in [-0.15, -0.1) is 0 Å². The molecule has 0 fully saturated rings. The maximum absolute atomic E-state index is 14.0. The molecule has 0 saturated heterocycles. The Bertz CT molecular complexity index is 962. The zero-order valence-electron chi connectivity index (χ0n) is 15.2. The molecular formula is C21H19F2NO4. The molecule has 0 radical (unpaired) electrons. The highest BCUT2D eigenvalue weighted by atomic mass is 19.1. The summed E-state index contributed by atoms with van der Waals surface area (Å²) in [6.07, 6.45) is 0. The van der Waals surface area contributed by atoms with Gasteiger partial charge in [0.1, 0.15) is 11.5 Å². The molecule has 28 heavy (non-hydrogen) atoms. The second kappa shape index (κ2) is 7.26. The van der Waals surface area contributed by atoms with Gasteiger partial charge >= 0.3 is 0 Å². The summed E-state index contributed by atoms with van der Waals surface area (Å²) in [5.74, 6) is -5.21. The monoisotopic (exact) mass is 387 g/mol. The smallest absolute Gasteiger partial charge is 0.165 e. The van der Waals surface area contributed by atoms with E-state index in [9.17, 15) is 29.2 Å². The Balaban J connectivity index is 2.26. The zero-order chi connectivity index (χ0) is 20.6. The van der Waals surface area contributed by atoms with Crippen molar-refractivity contribution in [3.63, 3.8) is 0 Å². The van der Waals surface area contributed by atoms with Crippen molar-refractivity contribution in [1.82, 2.24) is 0 Å². The first-order valence-corrected chi connectivity index (χ1v) is 8.39. The fourth-order valence-corrected chi connectivity index (χ4v) is 3.09. The summed E-state index contributed by atoms with van der Waals surface area (Å²) >= 11 is 0. The molecule has 7 heteroatoms. The molecule has 0 aromatic heterocycles. The van der Waals surface area contributed by atoms with Gasteiger partial charge in [0.25, 0.3) is 0 Å². The van der Waals surface area contributed by atoms with E-state index < -0.39 is 40.6 Å². The van der Waals surface area contributed by atoms with Gasteiger partial charge in [-0.25, -0.2) is 8.78 Å². The molecule has 3 aromatic rings. The van der Waals surface area contributed by atoms with Crippen LogP contribution in [0.5, 0.6) is 23.0 Å². The molecule has 0 aliphatic heterocycles. The van der Waals surface area contributed by atoms with Crippen LogP contribution in [0, 0.1) is 11.6 Å². The molecule has 146 valence electrons. The molecule has 0 saturated carbocycles. The molecule has 0 aliphatic carbocycles. The molecule has 0 aliphatic rings. The van der Waals surface area contributed by atoms with Crippen molar-refractivity contribution in [1.29, 1.82) is 0 Å². The third-order valence-electron chi connectivity index (χ3n) is 4.56. The zero-order valence-corrected chi connectivity index (χ0v) is 15.2. The summed E-state index contributed by atoms with van der Waals surface area (Å²) in [5.41, 5.74) is 1.46. The lowest BCUT2D eigenvalue weighted by atomic mass is 9.83. The van der Waals surface area contributed by atoms with E-state index in [1.54, 1.807) is 24.3 Å². The van der Waals surface area contributed by atoms with E-state index in [1.165, 1.54) is 0 Å². The number of phenolic OH excluding ortho intramolecular Hbond substituents is 4. The van der Waals surface area contributed by atoms with Crippen LogP contribution in [0.25, 0.3) is 0 Å². The van der Waals surface area contributed by atoms with Crippen LogP contribution in [0.1, 0.15) is 22.6 Å². The number of rotatable bonds is 4. The molecule has 4 N–H and O–H groups in total. The third kappa shape index (κ3) is 3.51. The average Bonchev–Trinajstić information content (AvgIpc) is 2.64. The molecule has 0 amide bonds. The SMILES string of the molecule is CN(C)c1ccc(C(c2cc(F)c(O)cc2O)c2cc(F)c(O)cc2O)cc1. The van der Waals surface area contributed by atoms with E-state index in [4.69, 9.17) is 0 Å². The normalized spacial score (nSPS) is 11.0. The molecular weight excluding hydrogens is 368 g/mol. The van der Waals surface area contributed by atoms with Gasteiger partial charge in [0.05, 0.1) is 0 Å². The van der Waals surface area contributed by atoms with Crippen molar-refractivity contribution in [3.8, 4) is 23.0 Å². The highest BCUT2D eigenvalue weighted by molar-refractivity contribution is 5.57. The van der Waals surface area contributed by atoms with Gasteiger partial charge in [0, 0.05) is 49.0 Å². The lowest BCUT2D eigenvalue weighted by Crippen LogP contribution is -2.09. The fraction of sp³-hybridized carbons (Fsp3) is 0.143. The molecule has 0 atom stereocenters. The van der Waals surface area contributed by atoms with Gasteiger partial charge < -0.3 is 25.3 Å². The van der Waals surface area contributed by atoms with Crippen molar-refractivity contribution in [2.24, 2.45) is 0 Å². The van der Waals surface area contributed by atoms with E-state index in [2.05, 4.69) is 0 Å². The Kier molecular flexibility index (Phi) is 5.00. The van der Waals surface area contributed by atoms with Crippen molar-refractivity contribution in [3.05, 3.63) is 76.9 Å². The third-order valence-corrected chi connectivity index (χ3v) is 4.56. The molecule has 0 bridgehead atoms. The van der Waals surface area contributed by atoms with Gasteiger partial charge in [-0.1, -0.05) is 12.1 Å². The van der Waals surface area contributed by atoms with Gasteiger partial charge in [-0.2, -0.15) is 0 Å². The van der Waals surface area contributed by atoms with Gasteiger partial charge in [-0.05, 0) is 29.8 Å². The Labute approximate surface area is 160 Å². The minimum absolute atomic E-state index is 0.0216. The van der Waals surface area contributed by atoms with Crippen molar-refractivity contribution in [2.45, 2.75) is 5.92 Å². The summed E-state index contributed by atoms with van der Waals surface area (Å²) in [6.45, 7) is 0. The lowest BCUT2D eigenvalue weighted by Gasteiger charge is -2.22. The van der Waals surface area contributed by atoms with Crippen LogP contribution < -0.4 is 4.90 Å². The van der Waals surface area contributed by atoms with Gasteiger partial charge in [0.2, 0.25) is 0 Å². The van der Waals surface area contributed by atoms with Crippen LogP contribution in [0.3, 0.4) is 0 Å². The van der Waals surface area contributed by atoms with Gasteiger partial charge in [0.15, 0.2) is 23.1 Å². The van der Waals surface area contributed by atoms with Gasteiger partial charge in [-0.3, -0.25) is 0 Å². The average molecular weight is 387 g/mol. The van der Waals surface area contributed by atoms with Crippen molar-refractivity contribution >= 4 is 5.69 Å². The molecule has 3 rings (SSSR count). The molecule has 0 unspecified atom stereocenters. The standard InChI is InChI=1S/C21H19F2NO4/c1-24(2)12-5-3-11(4-6-12)21(13-7-15(22)19(27)9-17(13)25)14-8-16(23)20(28)10-18(14)26/h3-10,21,25-28H,1-2H3. The Morgan fingerprint density at radius 3 is 1.50 bits per heavy atom. The summed E-state index contributed by atoms with van der Waals surface area (Å²) in [6, 6.07) is 10.5. The summed E-state index contributed by atoms with van der Waals surface area (Å²) in [7, 11) is 3.71. The fourth-order valence-electron chi connectivity index (χ4n) is 3.09. The van der Waals surface area contributed by atoms with E-state index in [1.807, 2.05) is 19.0 Å². The van der Waals surface area contributed by atoms with E-state index in [-0.39, 0.29) is 11.1 Å². The van der Waals surface area contributed by atoms with Crippen molar-refractivity contribution < 1.29 is 29.2 Å². The quantitative estimate of drug-likeness (QED) is 0.508. The predicted molar refractivity (Wildman–Crippen MR) is 101 cm³/mol. The number of aromatic hydroxyl groups is 4. The first-order valence-electron chi connectivity index (χ1n) is 8.39. The number of halogens is 2. The number of hydrogen-bond acceptors (Lipinski definition) is 5. The van der Waals surface area contributed by atoms with E-state index in [0.717, 1.165) is 30.0 Å². The van der Waals surface area contributed by atoms with Crippen LogP contribution in [-0.4, -0.2) is 34.5 Å². The second-order valence-electron chi connectivity index (χ2n) is 6.64. The number of nitrogens with zero attached hydrogens (tertiary/aromatic N) is 1. The summed E-state index contributed by atoms with van der Waals surface area (Å²) in [4.78, 5) is 1.87. The minimum atomic E-state index is -0.971. The van der Waals surface area contributed by atoms with Crippen LogP contribution in [0.15, 0.2) is 48.5 Å². The van der Waals surface area contributed by atoms with Crippen LogP contribution in [-0.2, 0) is 0 Å². The van der Waals surface area contributed by atoms with E-state index in [0.29, 0.717) is 5.56 Å². The summed E-state index contributed by atoms with van der Waals surface area (Å²) < 4.78 is 28.0. The van der Waals surface area contributed by atoms with Crippen molar-refractivity contribution in [2.75, 3.05) is 19.0 Å². The minimum Gasteiger partial charge on any atom is -0.507 e. The number of anilines is 1. The predicted octanol–water partition coefficient (Wildman–Crippen LogP) is 4.03. The Morgan fingerprint density at radius 1 is 0.679 bits per heavy atom. The highest BCUT2D eigenvalue weighted by Gasteiger charge is 2.26. The van der Waals surface area contributed by atoms with Crippen LogP contribution in [0.2, 0.25) is 0 Å². The molecule has 5 nitrogen and oxygen atoms in total. The van der Waals surface area contributed by atoms with Crippen LogP contribution >= 0.6 is 0 Å². The second-order valence-corrected chi connectivity index (χ2v) is 6.64. The first-order chi connectivity index (χ1) is 13.2. The topological polar surface area (TPSA) is 84.2 Å². The first kappa shape index (κ1) is 19.3. The highest BCUT2D eigenvalue weighted by Crippen LogP contribution is 2.43. The van der Waals surface area contributed by atoms with E-state index >= 15 is 0 Å². The maximum atomic E-state index is 14.0. The molecule has 0 spiro atoms. The number of phenols is 4. The summed E-state index contributed by atoms with van der Waals surface area (Å²) in [5, 5.41) is 39.6. The Hall–Kier alpha value is -3.48. The molecule has 3 aromatic carbocycles. The lowest BCUT2D eigenvalue weighted by molar-refractivity contribution is 0.411. The maximum Gasteiger partial charge on any atom is 0.165 e. The Morgan fingerprint density at radius 2 is 1.11 bits per heavy atom. The number of benzene rings is 3.